The number of nitrogen functional groups attached to an aromatic ring is 1. The highest BCUT2D eigenvalue weighted by atomic mass is 79.9. The Morgan fingerprint density at radius 3 is 2.76 bits per heavy atom. The van der Waals surface area contributed by atoms with Crippen molar-refractivity contribution >= 4 is 21.7 Å². The van der Waals surface area contributed by atoms with E-state index in [0.29, 0.717) is 5.82 Å². The van der Waals surface area contributed by atoms with E-state index in [0.717, 1.165) is 33.3 Å². The molecule has 0 radical (unpaired) electrons. The Bertz CT molecular complexity index is 537. The van der Waals surface area contributed by atoms with Gasteiger partial charge in [0.2, 0.25) is 0 Å². The van der Waals surface area contributed by atoms with Gasteiger partial charge in [-0.1, -0.05) is 22.9 Å². The van der Waals surface area contributed by atoms with E-state index < -0.39 is 0 Å². The minimum Gasteiger partial charge on any atom is -0.496 e. The van der Waals surface area contributed by atoms with Gasteiger partial charge in [0.25, 0.3) is 0 Å². The number of hydrogen-bond acceptors (Lipinski definition) is 3. The molecule has 1 aromatic heterocycles. The molecule has 0 aliphatic rings. The molecule has 17 heavy (non-hydrogen) atoms. The zero-order valence-electron chi connectivity index (χ0n) is 9.75. The third kappa shape index (κ3) is 2.15. The summed E-state index contributed by atoms with van der Waals surface area (Å²) in [7, 11) is 1.67. The molecule has 0 aliphatic heterocycles. The maximum absolute atomic E-state index is 5.81. The number of methoxy groups -OCH3 is 1. The van der Waals surface area contributed by atoms with Gasteiger partial charge in [-0.15, -0.1) is 0 Å². The molecule has 0 saturated heterocycles. The van der Waals surface area contributed by atoms with Crippen LogP contribution in [0.2, 0.25) is 0 Å². The maximum atomic E-state index is 5.81. The minimum absolute atomic E-state index is 0.559. The molecule has 1 aromatic carbocycles. The Hall–Kier alpha value is -1.49. The van der Waals surface area contributed by atoms with E-state index in [1.54, 1.807) is 13.3 Å². The second kappa shape index (κ2) is 4.79. The molecule has 0 aliphatic carbocycles. The first-order valence-electron chi connectivity index (χ1n) is 5.33. The molecule has 2 rings (SSSR count). The Morgan fingerprint density at radius 2 is 2.24 bits per heavy atom. The minimum atomic E-state index is 0.559. The van der Waals surface area contributed by atoms with Gasteiger partial charge < -0.3 is 10.5 Å². The number of benzene rings is 1. The number of nitrogens with two attached hydrogens (primary N) is 1. The molecular formula is C12H14BrN3O. The summed E-state index contributed by atoms with van der Waals surface area (Å²) >= 11 is 3.56. The van der Waals surface area contributed by atoms with Crippen LogP contribution in [-0.2, 0) is 6.42 Å². The average molecular weight is 296 g/mol. The van der Waals surface area contributed by atoms with Crippen LogP contribution in [0.5, 0.6) is 5.75 Å². The molecule has 4 nitrogen and oxygen atoms in total. The van der Waals surface area contributed by atoms with Crippen LogP contribution in [0.15, 0.2) is 22.8 Å². The number of aromatic nitrogens is 2. The smallest absolute Gasteiger partial charge is 0.126 e. The highest BCUT2D eigenvalue weighted by Gasteiger charge is 2.12. The zero-order valence-corrected chi connectivity index (χ0v) is 11.3. The van der Waals surface area contributed by atoms with Gasteiger partial charge in [0.15, 0.2) is 0 Å². The normalized spacial score (nSPS) is 10.5. The fourth-order valence-electron chi connectivity index (χ4n) is 1.82. The summed E-state index contributed by atoms with van der Waals surface area (Å²) in [5, 5.41) is 6.64. The van der Waals surface area contributed by atoms with Crippen LogP contribution in [0.1, 0.15) is 12.5 Å². The first kappa shape index (κ1) is 12.0. The molecule has 5 heteroatoms. The molecule has 0 fully saturated rings. The SMILES string of the molecule is CCc1c(Br)cc(-c2cn[nH]c2N)cc1OC. The predicted molar refractivity (Wildman–Crippen MR) is 72.1 cm³/mol. The van der Waals surface area contributed by atoms with E-state index >= 15 is 0 Å². The molecule has 0 bridgehead atoms. The molecule has 2 aromatic rings. The number of rotatable bonds is 3. The molecule has 1 heterocycles. The Balaban J connectivity index is 2.58. The lowest BCUT2D eigenvalue weighted by Gasteiger charge is -2.11. The van der Waals surface area contributed by atoms with Crippen LogP contribution >= 0.6 is 15.9 Å². The van der Waals surface area contributed by atoms with E-state index in [9.17, 15) is 0 Å². The lowest BCUT2D eigenvalue weighted by Crippen LogP contribution is -1.94. The molecule has 3 N–H and O–H groups in total. The topological polar surface area (TPSA) is 63.9 Å². The van der Waals surface area contributed by atoms with Gasteiger partial charge in [0, 0.05) is 15.6 Å². The molecule has 0 saturated carbocycles. The summed E-state index contributed by atoms with van der Waals surface area (Å²) in [5.74, 6) is 1.42. The van der Waals surface area contributed by atoms with Gasteiger partial charge in [-0.25, -0.2) is 0 Å². The van der Waals surface area contributed by atoms with Crippen LogP contribution < -0.4 is 10.5 Å². The Morgan fingerprint density at radius 1 is 1.47 bits per heavy atom. The monoisotopic (exact) mass is 295 g/mol. The van der Waals surface area contributed by atoms with Crippen molar-refractivity contribution in [2.75, 3.05) is 12.8 Å². The number of anilines is 1. The maximum Gasteiger partial charge on any atom is 0.126 e. The summed E-state index contributed by atoms with van der Waals surface area (Å²) in [5.41, 5.74) is 8.83. The Kier molecular flexibility index (Phi) is 3.38. The second-order valence-corrected chi connectivity index (χ2v) is 4.54. The van der Waals surface area contributed by atoms with Crippen LogP contribution in [0, 0.1) is 0 Å². The van der Waals surface area contributed by atoms with Gasteiger partial charge in [0.1, 0.15) is 11.6 Å². The van der Waals surface area contributed by atoms with Crippen molar-refractivity contribution in [3.8, 4) is 16.9 Å². The van der Waals surface area contributed by atoms with Crippen molar-refractivity contribution in [3.05, 3.63) is 28.4 Å². The highest BCUT2D eigenvalue weighted by molar-refractivity contribution is 9.10. The van der Waals surface area contributed by atoms with Crippen LogP contribution in [0.4, 0.5) is 5.82 Å². The number of halogens is 1. The molecule has 0 unspecified atom stereocenters. The summed E-state index contributed by atoms with van der Waals surface area (Å²) in [4.78, 5) is 0. The fourth-order valence-corrected chi connectivity index (χ4v) is 2.54. The average Bonchev–Trinajstić information content (AvgIpc) is 2.74. The van der Waals surface area contributed by atoms with E-state index in [1.807, 2.05) is 12.1 Å². The fraction of sp³-hybridized carbons (Fsp3) is 0.250. The van der Waals surface area contributed by atoms with Crippen molar-refractivity contribution in [1.29, 1.82) is 0 Å². The third-order valence-electron chi connectivity index (χ3n) is 2.71. The van der Waals surface area contributed by atoms with Crippen molar-refractivity contribution in [1.82, 2.24) is 10.2 Å². The number of ether oxygens (including phenoxy) is 1. The van der Waals surface area contributed by atoms with Crippen molar-refractivity contribution < 1.29 is 4.74 Å². The highest BCUT2D eigenvalue weighted by Crippen LogP contribution is 2.35. The molecule has 0 amide bonds. The van der Waals surface area contributed by atoms with E-state index in [-0.39, 0.29) is 0 Å². The largest absolute Gasteiger partial charge is 0.496 e. The number of nitrogens with one attached hydrogen (secondary N) is 1. The Labute approximate surface area is 108 Å². The molecule has 0 atom stereocenters. The number of aromatic amines is 1. The standard InChI is InChI=1S/C12H14BrN3O/c1-3-8-10(13)4-7(5-11(8)17-2)9-6-15-16-12(9)14/h4-6H,3H2,1-2H3,(H3,14,15,16). The van der Waals surface area contributed by atoms with Gasteiger partial charge in [-0.05, 0) is 24.1 Å². The predicted octanol–water partition coefficient (Wildman–Crippen LogP) is 2.99. The lowest BCUT2D eigenvalue weighted by atomic mass is 10.0. The van der Waals surface area contributed by atoms with E-state index in [2.05, 4.69) is 33.1 Å². The van der Waals surface area contributed by atoms with Gasteiger partial charge in [-0.3, -0.25) is 5.10 Å². The van der Waals surface area contributed by atoms with Gasteiger partial charge in [-0.2, -0.15) is 5.10 Å². The second-order valence-electron chi connectivity index (χ2n) is 3.69. The van der Waals surface area contributed by atoms with Crippen molar-refractivity contribution in [2.24, 2.45) is 0 Å². The van der Waals surface area contributed by atoms with E-state index in [1.165, 1.54) is 0 Å². The number of hydrogen-bond donors (Lipinski definition) is 2. The lowest BCUT2D eigenvalue weighted by molar-refractivity contribution is 0.410. The van der Waals surface area contributed by atoms with Gasteiger partial charge in [0.05, 0.1) is 13.3 Å². The van der Waals surface area contributed by atoms with Crippen molar-refractivity contribution in [3.63, 3.8) is 0 Å². The van der Waals surface area contributed by atoms with Crippen LogP contribution in [0.3, 0.4) is 0 Å². The summed E-state index contributed by atoms with van der Waals surface area (Å²) in [6.45, 7) is 2.09. The first-order valence-corrected chi connectivity index (χ1v) is 6.12. The van der Waals surface area contributed by atoms with E-state index in [4.69, 9.17) is 10.5 Å². The summed E-state index contributed by atoms with van der Waals surface area (Å²) < 4.78 is 6.42. The number of nitrogens with zero attached hydrogens (tertiary/aromatic N) is 1. The van der Waals surface area contributed by atoms with Crippen molar-refractivity contribution in [2.45, 2.75) is 13.3 Å². The molecule has 0 spiro atoms. The summed E-state index contributed by atoms with van der Waals surface area (Å²) in [6.07, 6.45) is 2.62. The quantitative estimate of drug-likeness (QED) is 0.915. The zero-order chi connectivity index (χ0) is 12.4. The molecular weight excluding hydrogens is 282 g/mol. The molecule has 90 valence electrons. The van der Waals surface area contributed by atoms with Crippen LogP contribution in [-0.4, -0.2) is 17.3 Å². The number of H-pyrrole nitrogens is 1. The first-order chi connectivity index (χ1) is 8.17. The van der Waals surface area contributed by atoms with Gasteiger partial charge >= 0.3 is 0 Å². The third-order valence-corrected chi connectivity index (χ3v) is 3.42. The van der Waals surface area contributed by atoms with Crippen LogP contribution in [0.25, 0.3) is 11.1 Å². The summed E-state index contributed by atoms with van der Waals surface area (Å²) in [6, 6.07) is 4.01.